The van der Waals surface area contributed by atoms with Crippen LogP contribution in [0.2, 0.25) is 0 Å². The molecule has 2 aromatic carbocycles. The Kier molecular flexibility index (Phi) is 7.83. The van der Waals surface area contributed by atoms with Crippen molar-refractivity contribution in [2.24, 2.45) is 0 Å². The zero-order valence-electron chi connectivity index (χ0n) is 15.5. The Labute approximate surface area is 155 Å². The van der Waals surface area contributed by atoms with Crippen molar-refractivity contribution in [1.82, 2.24) is 10.6 Å². The topological polar surface area (TPSA) is 62.6 Å². The van der Waals surface area contributed by atoms with Crippen molar-refractivity contribution < 1.29 is 14.5 Å². The molecule has 0 unspecified atom stereocenters. The molecule has 0 aromatic heterocycles. The summed E-state index contributed by atoms with van der Waals surface area (Å²) < 4.78 is 0. The average molecular weight is 354 g/mol. The molecule has 0 aliphatic heterocycles. The highest BCUT2D eigenvalue weighted by Crippen LogP contribution is 2.03. The van der Waals surface area contributed by atoms with Gasteiger partial charge >= 0.3 is 0 Å². The molecule has 0 saturated carbocycles. The number of carbonyl (C=O) groups excluding carboxylic acids is 2. The number of amides is 2. The Morgan fingerprint density at radius 3 is 2.08 bits per heavy atom. The molecule has 0 aliphatic carbocycles. The molecule has 0 aliphatic rings. The molecule has 0 saturated heterocycles. The third-order valence-electron chi connectivity index (χ3n) is 4.41. The molecule has 0 heterocycles. The van der Waals surface area contributed by atoms with Gasteiger partial charge in [-0.1, -0.05) is 42.5 Å². The van der Waals surface area contributed by atoms with E-state index in [9.17, 15) is 9.59 Å². The van der Waals surface area contributed by atoms with Crippen LogP contribution in [-0.2, 0) is 17.9 Å². The standard InChI is InChI=1S/C21H27N3O2/c1-3-24(4-2)16-18-12-10-17(11-13-18)14-22-20(25)15-23-21(26)19-8-6-5-7-9-19/h5-13H,3-4,14-16H2,1-2H3,(H,22,25)(H,23,26)/p+1. The number of benzene rings is 2. The van der Waals surface area contributed by atoms with Crippen molar-refractivity contribution in [1.29, 1.82) is 0 Å². The van der Waals surface area contributed by atoms with Crippen molar-refractivity contribution in [3.05, 3.63) is 71.3 Å². The van der Waals surface area contributed by atoms with Crippen molar-refractivity contribution >= 4 is 11.8 Å². The predicted molar refractivity (Wildman–Crippen MR) is 103 cm³/mol. The third-order valence-corrected chi connectivity index (χ3v) is 4.41. The van der Waals surface area contributed by atoms with E-state index in [4.69, 9.17) is 0 Å². The summed E-state index contributed by atoms with van der Waals surface area (Å²) in [4.78, 5) is 25.4. The Bertz CT molecular complexity index is 695. The quantitative estimate of drug-likeness (QED) is 0.633. The molecular formula is C21H28N3O2+. The summed E-state index contributed by atoms with van der Waals surface area (Å²) in [5.74, 6) is -0.449. The lowest BCUT2D eigenvalue weighted by Gasteiger charge is -2.15. The van der Waals surface area contributed by atoms with Crippen molar-refractivity contribution in [2.75, 3.05) is 19.6 Å². The van der Waals surface area contributed by atoms with Crippen LogP contribution in [0, 0.1) is 0 Å². The van der Waals surface area contributed by atoms with E-state index < -0.39 is 0 Å². The van der Waals surface area contributed by atoms with Crippen LogP contribution >= 0.6 is 0 Å². The molecule has 3 N–H and O–H groups in total. The number of rotatable bonds is 9. The number of hydrogen-bond acceptors (Lipinski definition) is 2. The van der Waals surface area contributed by atoms with Gasteiger partial charge in [0.05, 0.1) is 19.6 Å². The Hall–Kier alpha value is -2.66. The third kappa shape index (κ3) is 6.33. The summed E-state index contributed by atoms with van der Waals surface area (Å²) in [5.41, 5.74) is 2.89. The van der Waals surface area contributed by atoms with Crippen LogP contribution in [0.5, 0.6) is 0 Å². The molecule has 26 heavy (non-hydrogen) atoms. The molecule has 0 bridgehead atoms. The smallest absolute Gasteiger partial charge is 0.251 e. The number of carbonyl (C=O) groups is 2. The highest BCUT2D eigenvalue weighted by Gasteiger charge is 2.08. The van der Waals surface area contributed by atoms with E-state index in [1.54, 1.807) is 29.2 Å². The summed E-state index contributed by atoms with van der Waals surface area (Å²) in [6.07, 6.45) is 0. The van der Waals surface area contributed by atoms with Gasteiger partial charge in [-0.2, -0.15) is 0 Å². The SMILES string of the molecule is CC[NH+](CC)Cc1ccc(CNC(=O)CNC(=O)c2ccccc2)cc1. The second kappa shape index (κ2) is 10.4. The lowest BCUT2D eigenvalue weighted by molar-refractivity contribution is -0.910. The molecule has 2 aromatic rings. The average Bonchev–Trinajstić information content (AvgIpc) is 2.70. The first-order valence-corrected chi connectivity index (χ1v) is 9.13. The number of nitrogens with one attached hydrogen (secondary N) is 3. The summed E-state index contributed by atoms with van der Waals surface area (Å²) in [5, 5.41) is 5.45. The first-order valence-electron chi connectivity index (χ1n) is 9.13. The maximum atomic E-state index is 11.9. The van der Waals surface area contributed by atoms with Gasteiger partial charge in [0.15, 0.2) is 0 Å². The van der Waals surface area contributed by atoms with Crippen LogP contribution in [-0.4, -0.2) is 31.4 Å². The highest BCUT2D eigenvalue weighted by molar-refractivity contribution is 5.96. The molecule has 0 atom stereocenters. The Morgan fingerprint density at radius 1 is 0.846 bits per heavy atom. The second-order valence-corrected chi connectivity index (χ2v) is 6.28. The van der Waals surface area contributed by atoms with Crippen LogP contribution < -0.4 is 15.5 Å². The molecule has 0 radical (unpaired) electrons. The molecule has 138 valence electrons. The van der Waals surface area contributed by atoms with E-state index in [1.807, 2.05) is 18.2 Å². The fourth-order valence-electron chi connectivity index (χ4n) is 2.68. The number of hydrogen-bond donors (Lipinski definition) is 3. The molecule has 5 nitrogen and oxygen atoms in total. The minimum Gasteiger partial charge on any atom is -0.350 e. The van der Waals surface area contributed by atoms with Crippen LogP contribution in [0.3, 0.4) is 0 Å². The van der Waals surface area contributed by atoms with Gasteiger partial charge in [0, 0.05) is 17.7 Å². The van der Waals surface area contributed by atoms with Gasteiger partial charge in [-0.3, -0.25) is 9.59 Å². The summed E-state index contributed by atoms with van der Waals surface area (Å²) in [7, 11) is 0. The molecular weight excluding hydrogens is 326 g/mol. The second-order valence-electron chi connectivity index (χ2n) is 6.28. The first kappa shape index (κ1) is 19.7. The molecule has 2 rings (SSSR count). The lowest BCUT2D eigenvalue weighted by atomic mass is 10.1. The monoisotopic (exact) mass is 354 g/mol. The van der Waals surface area contributed by atoms with Gasteiger partial charge in [-0.25, -0.2) is 0 Å². The minimum atomic E-state index is -0.246. The van der Waals surface area contributed by atoms with Gasteiger partial charge in [-0.05, 0) is 31.5 Å². The van der Waals surface area contributed by atoms with Gasteiger partial charge in [0.1, 0.15) is 6.54 Å². The van der Waals surface area contributed by atoms with Crippen LogP contribution in [0.1, 0.15) is 35.3 Å². The lowest BCUT2D eigenvalue weighted by Crippen LogP contribution is -3.10. The van der Waals surface area contributed by atoms with Crippen LogP contribution in [0.25, 0.3) is 0 Å². The van der Waals surface area contributed by atoms with E-state index in [0.717, 1.165) is 25.2 Å². The van der Waals surface area contributed by atoms with E-state index in [-0.39, 0.29) is 18.4 Å². The Balaban J connectivity index is 1.74. The minimum absolute atomic E-state index is 0.0306. The summed E-state index contributed by atoms with van der Waals surface area (Å²) in [6.45, 7) is 8.06. The van der Waals surface area contributed by atoms with Crippen molar-refractivity contribution in [3.63, 3.8) is 0 Å². The zero-order chi connectivity index (χ0) is 18.8. The van der Waals surface area contributed by atoms with E-state index in [1.165, 1.54) is 5.56 Å². The van der Waals surface area contributed by atoms with E-state index in [2.05, 4.69) is 36.6 Å². The fraction of sp³-hybridized carbons (Fsp3) is 0.333. The van der Waals surface area contributed by atoms with Gasteiger partial charge in [0.25, 0.3) is 5.91 Å². The normalized spacial score (nSPS) is 10.6. The highest BCUT2D eigenvalue weighted by atomic mass is 16.2. The van der Waals surface area contributed by atoms with Gasteiger partial charge in [-0.15, -0.1) is 0 Å². The summed E-state index contributed by atoms with van der Waals surface area (Å²) >= 11 is 0. The van der Waals surface area contributed by atoms with Crippen LogP contribution in [0.15, 0.2) is 54.6 Å². The maximum Gasteiger partial charge on any atom is 0.251 e. The Morgan fingerprint density at radius 2 is 1.46 bits per heavy atom. The van der Waals surface area contributed by atoms with Crippen molar-refractivity contribution in [2.45, 2.75) is 26.9 Å². The van der Waals surface area contributed by atoms with E-state index in [0.29, 0.717) is 12.1 Å². The summed E-state index contributed by atoms with van der Waals surface area (Å²) in [6, 6.07) is 17.2. The molecule has 0 spiro atoms. The first-order chi connectivity index (χ1) is 12.6. The maximum absolute atomic E-state index is 11.9. The predicted octanol–water partition coefficient (Wildman–Crippen LogP) is 1.16. The van der Waals surface area contributed by atoms with Gasteiger partial charge < -0.3 is 15.5 Å². The number of quaternary nitrogens is 1. The van der Waals surface area contributed by atoms with Crippen LogP contribution in [0.4, 0.5) is 0 Å². The molecule has 5 heteroatoms. The van der Waals surface area contributed by atoms with E-state index >= 15 is 0 Å². The van der Waals surface area contributed by atoms with Crippen molar-refractivity contribution in [3.8, 4) is 0 Å². The molecule has 0 fully saturated rings. The fourth-order valence-corrected chi connectivity index (χ4v) is 2.68. The zero-order valence-corrected chi connectivity index (χ0v) is 15.5. The largest absolute Gasteiger partial charge is 0.350 e. The molecule has 2 amide bonds. The van der Waals surface area contributed by atoms with Gasteiger partial charge in [0.2, 0.25) is 5.91 Å².